The van der Waals surface area contributed by atoms with Gasteiger partial charge in [-0.3, -0.25) is 4.79 Å². The SMILES string of the molecule is Cc1ccccc1NC(C(N)=O)c1ccccc1Cl. The molecule has 2 rings (SSSR count). The van der Waals surface area contributed by atoms with Crippen molar-refractivity contribution in [2.75, 3.05) is 5.32 Å². The molecule has 2 aromatic rings. The van der Waals surface area contributed by atoms with E-state index in [0.29, 0.717) is 10.6 Å². The predicted octanol–water partition coefficient (Wildman–Crippen LogP) is 3.29. The van der Waals surface area contributed by atoms with Gasteiger partial charge in [-0.2, -0.15) is 0 Å². The third-order valence-corrected chi connectivity index (χ3v) is 3.29. The van der Waals surface area contributed by atoms with E-state index >= 15 is 0 Å². The fraction of sp³-hybridized carbons (Fsp3) is 0.133. The Morgan fingerprint density at radius 3 is 2.42 bits per heavy atom. The molecule has 0 aliphatic rings. The second kappa shape index (κ2) is 5.76. The van der Waals surface area contributed by atoms with Crippen LogP contribution in [0.3, 0.4) is 0 Å². The lowest BCUT2D eigenvalue weighted by Gasteiger charge is -2.19. The quantitative estimate of drug-likeness (QED) is 0.899. The summed E-state index contributed by atoms with van der Waals surface area (Å²) in [6.07, 6.45) is 0. The summed E-state index contributed by atoms with van der Waals surface area (Å²) in [6.45, 7) is 1.97. The lowest BCUT2D eigenvalue weighted by atomic mass is 10.1. The molecule has 0 heterocycles. The normalized spacial score (nSPS) is 11.9. The zero-order chi connectivity index (χ0) is 13.8. The summed E-state index contributed by atoms with van der Waals surface area (Å²) in [6, 6.07) is 14.3. The van der Waals surface area contributed by atoms with Crippen molar-refractivity contribution in [3.8, 4) is 0 Å². The number of aryl methyl sites for hydroxylation is 1. The number of halogens is 1. The van der Waals surface area contributed by atoms with Gasteiger partial charge in [0.05, 0.1) is 0 Å². The van der Waals surface area contributed by atoms with Crippen LogP contribution >= 0.6 is 11.6 Å². The maximum atomic E-state index is 11.7. The number of hydrogen-bond acceptors (Lipinski definition) is 2. The van der Waals surface area contributed by atoms with Gasteiger partial charge in [0.25, 0.3) is 0 Å². The number of nitrogens with one attached hydrogen (secondary N) is 1. The van der Waals surface area contributed by atoms with Crippen molar-refractivity contribution in [1.82, 2.24) is 0 Å². The second-order valence-electron chi connectivity index (χ2n) is 4.32. The van der Waals surface area contributed by atoms with E-state index in [1.165, 1.54) is 0 Å². The van der Waals surface area contributed by atoms with E-state index in [4.69, 9.17) is 17.3 Å². The first kappa shape index (κ1) is 13.4. The molecule has 3 nitrogen and oxygen atoms in total. The van der Waals surface area contributed by atoms with Gasteiger partial charge in [-0.1, -0.05) is 48.0 Å². The summed E-state index contributed by atoms with van der Waals surface area (Å²) in [5.41, 5.74) is 8.07. The molecule has 3 N–H and O–H groups in total. The van der Waals surface area contributed by atoms with Crippen LogP contribution in [0.5, 0.6) is 0 Å². The molecule has 4 heteroatoms. The topological polar surface area (TPSA) is 55.1 Å². The first-order valence-corrected chi connectivity index (χ1v) is 6.33. The van der Waals surface area contributed by atoms with Crippen molar-refractivity contribution in [3.05, 3.63) is 64.7 Å². The Morgan fingerprint density at radius 1 is 1.16 bits per heavy atom. The van der Waals surface area contributed by atoms with Crippen LogP contribution in [0.15, 0.2) is 48.5 Å². The van der Waals surface area contributed by atoms with Crippen LogP contribution in [-0.4, -0.2) is 5.91 Å². The maximum absolute atomic E-state index is 11.7. The Kier molecular flexibility index (Phi) is 4.07. The first-order chi connectivity index (χ1) is 9.09. The second-order valence-corrected chi connectivity index (χ2v) is 4.72. The summed E-state index contributed by atoms with van der Waals surface area (Å²) in [4.78, 5) is 11.7. The van der Waals surface area contributed by atoms with Crippen molar-refractivity contribution >= 4 is 23.2 Å². The van der Waals surface area contributed by atoms with Gasteiger partial charge in [0.2, 0.25) is 5.91 Å². The minimum absolute atomic E-state index is 0.462. The molecule has 0 radical (unpaired) electrons. The number of nitrogens with two attached hydrogens (primary N) is 1. The number of primary amides is 1. The lowest BCUT2D eigenvalue weighted by Crippen LogP contribution is -2.28. The Bertz CT molecular complexity index is 598. The first-order valence-electron chi connectivity index (χ1n) is 5.95. The van der Waals surface area contributed by atoms with Gasteiger partial charge in [-0.25, -0.2) is 0 Å². The molecule has 0 aromatic heterocycles. The van der Waals surface area contributed by atoms with Crippen LogP contribution in [0.4, 0.5) is 5.69 Å². The molecule has 0 aliphatic carbocycles. The number of anilines is 1. The maximum Gasteiger partial charge on any atom is 0.244 e. The molecule has 98 valence electrons. The zero-order valence-electron chi connectivity index (χ0n) is 10.6. The molecule has 1 amide bonds. The van der Waals surface area contributed by atoms with Crippen molar-refractivity contribution in [2.45, 2.75) is 13.0 Å². The van der Waals surface area contributed by atoms with Gasteiger partial charge in [0, 0.05) is 16.3 Å². The molecule has 1 unspecified atom stereocenters. The van der Waals surface area contributed by atoms with E-state index in [2.05, 4.69) is 5.32 Å². The number of carbonyl (C=O) groups is 1. The highest BCUT2D eigenvalue weighted by Gasteiger charge is 2.20. The van der Waals surface area contributed by atoms with Gasteiger partial charge < -0.3 is 11.1 Å². The predicted molar refractivity (Wildman–Crippen MR) is 78.2 cm³/mol. The van der Waals surface area contributed by atoms with E-state index in [-0.39, 0.29) is 0 Å². The molecule has 0 saturated carbocycles. The molecule has 0 saturated heterocycles. The Balaban J connectivity index is 2.35. The van der Waals surface area contributed by atoms with Gasteiger partial charge >= 0.3 is 0 Å². The monoisotopic (exact) mass is 274 g/mol. The zero-order valence-corrected chi connectivity index (χ0v) is 11.3. The van der Waals surface area contributed by atoms with E-state index in [0.717, 1.165) is 11.3 Å². The number of rotatable bonds is 4. The number of para-hydroxylation sites is 1. The average Bonchev–Trinajstić information content (AvgIpc) is 2.38. The van der Waals surface area contributed by atoms with Crippen molar-refractivity contribution < 1.29 is 4.79 Å². The minimum Gasteiger partial charge on any atom is -0.370 e. The van der Waals surface area contributed by atoms with E-state index in [1.807, 2.05) is 43.3 Å². The van der Waals surface area contributed by atoms with Crippen LogP contribution in [0.2, 0.25) is 5.02 Å². The molecule has 0 spiro atoms. The van der Waals surface area contributed by atoms with E-state index in [9.17, 15) is 4.79 Å². The van der Waals surface area contributed by atoms with Gasteiger partial charge in [-0.05, 0) is 24.6 Å². The number of carbonyl (C=O) groups excluding carboxylic acids is 1. The van der Waals surface area contributed by atoms with Crippen LogP contribution < -0.4 is 11.1 Å². The lowest BCUT2D eigenvalue weighted by molar-refractivity contribution is -0.118. The molecule has 19 heavy (non-hydrogen) atoms. The third kappa shape index (κ3) is 3.06. The van der Waals surface area contributed by atoms with E-state index < -0.39 is 11.9 Å². The Hall–Kier alpha value is -2.00. The van der Waals surface area contributed by atoms with Gasteiger partial charge in [0.15, 0.2) is 0 Å². The standard InChI is InChI=1S/C15H15ClN2O/c1-10-6-2-5-9-13(10)18-14(15(17)19)11-7-3-4-8-12(11)16/h2-9,14,18H,1H3,(H2,17,19). The fourth-order valence-corrected chi connectivity index (χ4v) is 2.15. The van der Waals surface area contributed by atoms with Crippen LogP contribution in [0.25, 0.3) is 0 Å². The summed E-state index contributed by atoms with van der Waals surface area (Å²) in [7, 11) is 0. The van der Waals surface area contributed by atoms with Crippen molar-refractivity contribution in [3.63, 3.8) is 0 Å². The number of benzene rings is 2. The molecule has 0 aliphatic heterocycles. The van der Waals surface area contributed by atoms with E-state index in [1.54, 1.807) is 12.1 Å². The largest absolute Gasteiger partial charge is 0.370 e. The summed E-state index contributed by atoms with van der Waals surface area (Å²) in [5, 5.41) is 3.67. The third-order valence-electron chi connectivity index (χ3n) is 2.95. The van der Waals surface area contributed by atoms with Crippen LogP contribution in [0, 0.1) is 6.92 Å². The van der Waals surface area contributed by atoms with Crippen molar-refractivity contribution in [2.24, 2.45) is 5.73 Å². The summed E-state index contributed by atoms with van der Waals surface area (Å²) >= 11 is 6.12. The summed E-state index contributed by atoms with van der Waals surface area (Å²) in [5.74, 6) is -0.462. The highest BCUT2D eigenvalue weighted by atomic mass is 35.5. The Labute approximate surface area is 117 Å². The molecule has 0 bridgehead atoms. The average molecular weight is 275 g/mol. The van der Waals surface area contributed by atoms with Gasteiger partial charge in [-0.15, -0.1) is 0 Å². The van der Waals surface area contributed by atoms with Crippen molar-refractivity contribution in [1.29, 1.82) is 0 Å². The van der Waals surface area contributed by atoms with Crippen LogP contribution in [0.1, 0.15) is 17.2 Å². The fourth-order valence-electron chi connectivity index (χ4n) is 1.90. The summed E-state index contributed by atoms with van der Waals surface area (Å²) < 4.78 is 0. The molecular formula is C15H15ClN2O. The van der Waals surface area contributed by atoms with Gasteiger partial charge in [0.1, 0.15) is 6.04 Å². The molecule has 2 aromatic carbocycles. The molecular weight excluding hydrogens is 260 g/mol. The molecule has 1 atom stereocenters. The smallest absolute Gasteiger partial charge is 0.244 e. The number of amides is 1. The number of hydrogen-bond donors (Lipinski definition) is 2. The highest BCUT2D eigenvalue weighted by molar-refractivity contribution is 6.31. The molecule has 0 fully saturated rings. The minimum atomic E-state index is -0.644. The highest BCUT2D eigenvalue weighted by Crippen LogP contribution is 2.27. The Morgan fingerprint density at radius 2 is 1.79 bits per heavy atom. The van der Waals surface area contributed by atoms with Crippen LogP contribution in [-0.2, 0) is 4.79 Å².